The van der Waals surface area contributed by atoms with E-state index in [0.29, 0.717) is 23.7 Å². The van der Waals surface area contributed by atoms with Gasteiger partial charge in [0.2, 0.25) is 5.71 Å². The van der Waals surface area contributed by atoms with E-state index in [4.69, 9.17) is 5.53 Å². The van der Waals surface area contributed by atoms with E-state index in [1.54, 1.807) is 0 Å². The summed E-state index contributed by atoms with van der Waals surface area (Å²) in [4.78, 5) is 0. The van der Waals surface area contributed by atoms with Crippen LogP contribution >= 0.6 is 10.1 Å². The van der Waals surface area contributed by atoms with Crippen molar-refractivity contribution < 1.29 is 19.8 Å². The molecule has 1 aliphatic heterocycles. The average Bonchev–Trinajstić information content (AvgIpc) is 3.14. The Morgan fingerprint density at radius 3 is 1.50 bits per heavy atom. The Morgan fingerprint density at radius 1 is 0.750 bits per heavy atom. The number of anilines is 1. The topological polar surface area (TPSA) is 20.4 Å². The van der Waals surface area contributed by atoms with Crippen LogP contribution in [0.4, 0.5) is 5.69 Å². The van der Waals surface area contributed by atoms with Gasteiger partial charge in [-0.05, 0) is 45.9 Å². The molecule has 0 aromatic heterocycles. The summed E-state index contributed by atoms with van der Waals surface area (Å²) in [7, 11) is 6.24. The summed E-state index contributed by atoms with van der Waals surface area (Å²) in [5, 5.41) is 1.99. The first-order chi connectivity index (χ1) is 15.1. The van der Waals surface area contributed by atoms with Crippen molar-refractivity contribution in [1.29, 1.82) is 0 Å². The first-order valence-electron chi connectivity index (χ1n) is 11.4. The van der Waals surface area contributed by atoms with Gasteiger partial charge in [-0.1, -0.05) is 91.8 Å². The van der Waals surface area contributed by atoms with Crippen LogP contribution in [0.5, 0.6) is 0 Å². The van der Waals surface area contributed by atoms with Crippen molar-refractivity contribution in [3.8, 4) is 0 Å². The van der Waals surface area contributed by atoms with Gasteiger partial charge in [0, 0.05) is 5.69 Å². The zero-order valence-electron chi connectivity index (χ0n) is 20.8. The Kier molecular flexibility index (Phi) is 9.69. The zero-order chi connectivity index (χ0) is 24.2. The number of rotatable bonds is 6. The van der Waals surface area contributed by atoms with Crippen molar-refractivity contribution >= 4 is 21.5 Å². The van der Waals surface area contributed by atoms with Gasteiger partial charge in [-0.15, -0.1) is 0 Å². The van der Waals surface area contributed by atoms with E-state index in [1.165, 1.54) is 33.5 Å². The van der Waals surface area contributed by atoms with Gasteiger partial charge in [0.1, 0.15) is 7.05 Å². The molecule has 2 radical (unpaired) electrons. The van der Waals surface area contributed by atoms with E-state index in [-0.39, 0.29) is 0 Å². The van der Waals surface area contributed by atoms with Crippen LogP contribution < -0.4 is 5.01 Å². The summed E-state index contributed by atoms with van der Waals surface area (Å²) in [5.74, 6) is 1.70. The predicted molar refractivity (Wildman–Crippen MR) is 134 cm³/mol. The first kappa shape index (κ1) is 26.8. The monoisotopic (exact) mass is 501 g/mol. The van der Waals surface area contributed by atoms with Crippen molar-refractivity contribution in [3.63, 3.8) is 0 Å². The molecule has 0 unspecified atom stereocenters. The zero-order valence-corrected chi connectivity index (χ0v) is 22.5. The fourth-order valence-electron chi connectivity index (χ4n) is 4.27. The Hall–Kier alpha value is -1.48. The quantitative estimate of drug-likeness (QED) is 0.289. The molecule has 0 amide bonds. The number of nitrogens with zero attached hydrogens (tertiary/aromatic N) is 3. The summed E-state index contributed by atoms with van der Waals surface area (Å²) in [6.45, 7) is 21.7. The molecule has 0 spiro atoms. The van der Waals surface area contributed by atoms with Crippen LogP contribution in [0, 0.1) is 6.54 Å². The second-order valence-corrected chi connectivity index (χ2v) is 9.60. The predicted octanol–water partition coefficient (Wildman–Crippen LogP) is 8.06. The molecule has 3 nitrogen and oxygen atoms in total. The van der Waals surface area contributed by atoms with Crippen LogP contribution in [-0.4, -0.2) is 17.4 Å². The summed E-state index contributed by atoms with van der Waals surface area (Å²) in [6, 6.07) is 13.3. The van der Waals surface area contributed by atoms with Gasteiger partial charge in [0.15, 0.2) is 6.54 Å². The molecule has 0 atom stereocenters. The average molecular weight is 503 g/mol. The summed E-state index contributed by atoms with van der Waals surface area (Å²) < 4.78 is 1.99. The van der Waals surface area contributed by atoms with Crippen molar-refractivity contribution in [2.24, 2.45) is 0 Å². The van der Waals surface area contributed by atoms with Crippen LogP contribution in [-0.2, 0) is 15.1 Å². The van der Waals surface area contributed by atoms with Crippen molar-refractivity contribution in [2.75, 3.05) is 12.1 Å². The van der Waals surface area contributed by atoms with Crippen molar-refractivity contribution in [3.05, 3.63) is 76.3 Å². The van der Waals surface area contributed by atoms with Gasteiger partial charge in [-0.3, -0.25) is 4.68 Å². The van der Waals surface area contributed by atoms with Crippen LogP contribution in [0.25, 0.3) is 5.53 Å². The molecule has 0 N–H and O–H groups in total. The number of halogens is 1. The number of hydrogen-bond donors (Lipinski definition) is 0. The Bertz CT molecular complexity index is 895. The van der Waals surface area contributed by atoms with Gasteiger partial charge in [0.25, 0.3) is 0 Å². The van der Waals surface area contributed by atoms with E-state index < -0.39 is 0 Å². The maximum atomic E-state index is 4.92. The van der Waals surface area contributed by atoms with Crippen LogP contribution in [0.15, 0.2) is 36.4 Å². The summed E-state index contributed by atoms with van der Waals surface area (Å²) in [5.41, 5.74) is 13.8. The Labute approximate surface area is 208 Å². The third-order valence-electron chi connectivity index (χ3n) is 5.92. The SMILES string of the molecule is CC(C)c1cccc(C(C)C)c1C1=[N+](C)[N-]N(c2c(C(C)C)cccc2C(C)C)[C]1.[Cl][Cu]. The molecule has 178 valence electrons. The molecule has 1 aliphatic rings. The van der Waals surface area contributed by atoms with E-state index in [2.05, 4.69) is 124 Å². The number of benzene rings is 2. The van der Waals surface area contributed by atoms with Crippen LogP contribution in [0.3, 0.4) is 0 Å². The minimum atomic E-state index is 0.416. The van der Waals surface area contributed by atoms with Gasteiger partial charge in [-0.2, -0.15) is 0 Å². The summed E-state index contributed by atoms with van der Waals surface area (Å²) in [6.07, 6.45) is 0. The molecular formula is C27H37ClCuN3. The van der Waals surface area contributed by atoms with Gasteiger partial charge in [0.05, 0.1) is 5.56 Å². The molecule has 5 heteroatoms. The second-order valence-electron chi connectivity index (χ2n) is 9.60. The molecule has 0 saturated carbocycles. The normalized spacial score (nSPS) is 13.9. The molecule has 32 heavy (non-hydrogen) atoms. The van der Waals surface area contributed by atoms with Gasteiger partial charge in [-0.25, -0.2) is 0 Å². The van der Waals surface area contributed by atoms with Crippen LogP contribution in [0.1, 0.15) is 107 Å². The Balaban J connectivity index is 0.00000176. The first-order valence-corrected chi connectivity index (χ1v) is 12.7. The third kappa shape index (κ3) is 5.53. The van der Waals surface area contributed by atoms with E-state index in [0.717, 1.165) is 5.71 Å². The fraction of sp³-hybridized carbons (Fsp3) is 0.481. The summed E-state index contributed by atoms with van der Waals surface area (Å²) >= 11 is 3.66. The standard InChI is InChI=1S/C27H37N3.ClH.Cu/c1-17(2)21-12-10-13-22(18(3)4)26(21)25-16-30(28-29(25)9)27-23(19(5)6)14-11-15-24(27)20(7)8;;/h10-15,17-20H,1-9H3;1H;/q;;+1/p-1. The molecule has 1 heterocycles. The Morgan fingerprint density at radius 2 is 1.12 bits per heavy atom. The molecule has 0 saturated heterocycles. The maximum absolute atomic E-state index is 4.92. The third-order valence-corrected chi connectivity index (χ3v) is 5.92. The van der Waals surface area contributed by atoms with Gasteiger partial charge < -0.3 is 10.5 Å². The van der Waals surface area contributed by atoms with Gasteiger partial charge >= 0.3 is 25.2 Å². The molecular weight excluding hydrogens is 465 g/mol. The second kappa shape index (κ2) is 11.6. The fourth-order valence-corrected chi connectivity index (χ4v) is 4.27. The number of para-hydroxylation sites is 1. The molecule has 2 aromatic carbocycles. The minimum absolute atomic E-state index is 0.416. The van der Waals surface area contributed by atoms with Crippen molar-refractivity contribution in [2.45, 2.75) is 79.1 Å². The van der Waals surface area contributed by atoms with Crippen molar-refractivity contribution in [1.82, 2.24) is 0 Å². The molecule has 0 bridgehead atoms. The molecule has 0 fully saturated rings. The molecule has 2 aromatic rings. The van der Waals surface area contributed by atoms with E-state index >= 15 is 0 Å². The molecule has 3 rings (SSSR count). The number of hydrogen-bond acceptors (Lipinski definition) is 1. The molecule has 0 aliphatic carbocycles. The van der Waals surface area contributed by atoms with Crippen LogP contribution in [0.2, 0.25) is 0 Å². The van der Waals surface area contributed by atoms with E-state index in [9.17, 15) is 0 Å². The van der Waals surface area contributed by atoms with E-state index in [1.807, 2.05) is 16.7 Å².